The van der Waals surface area contributed by atoms with Crippen LogP contribution in [0.3, 0.4) is 0 Å². The number of fused-ring (bicyclic) bond motifs is 1. The third-order valence-electron chi connectivity index (χ3n) is 2.97. The van der Waals surface area contributed by atoms with Gasteiger partial charge in [0.05, 0.1) is 29.2 Å². The lowest BCUT2D eigenvalue weighted by molar-refractivity contribution is -0.121. The molecule has 1 aromatic heterocycles. The van der Waals surface area contributed by atoms with E-state index in [-0.39, 0.29) is 24.7 Å². The molecule has 1 aliphatic heterocycles. The number of anilines is 1. The normalized spacial score (nSPS) is 15.7. The Bertz CT molecular complexity index is 669. The molecule has 1 fully saturated rings. The number of halogens is 1. The molecule has 1 amide bonds. The van der Waals surface area contributed by atoms with Gasteiger partial charge < -0.3 is 4.90 Å². The summed E-state index contributed by atoms with van der Waals surface area (Å²) >= 11 is 6.09. The van der Waals surface area contributed by atoms with Crippen molar-refractivity contribution in [1.82, 2.24) is 4.98 Å². The molecule has 0 atom stereocenters. The lowest BCUT2D eigenvalue weighted by atomic mass is 10.2. The number of nitrogens with zero attached hydrogens (tertiary/aromatic N) is 2. The minimum atomic E-state index is -0.186. The standard InChI is InChI=1S/C13H9ClN2O2/c14-10-3-4-11(13-9(10)2-1-5-15-13)16-7-8(17)6-12(16)18/h1-5H,6-7H2. The molecule has 18 heavy (non-hydrogen) atoms. The topological polar surface area (TPSA) is 50.3 Å². The van der Waals surface area contributed by atoms with Gasteiger partial charge in [-0.25, -0.2) is 0 Å². The fourth-order valence-electron chi connectivity index (χ4n) is 2.14. The van der Waals surface area contributed by atoms with Crippen molar-refractivity contribution in [2.24, 2.45) is 0 Å². The zero-order valence-corrected chi connectivity index (χ0v) is 10.1. The summed E-state index contributed by atoms with van der Waals surface area (Å²) < 4.78 is 0. The van der Waals surface area contributed by atoms with Gasteiger partial charge in [0.15, 0.2) is 5.78 Å². The molecular weight excluding hydrogens is 252 g/mol. The average molecular weight is 261 g/mol. The highest BCUT2D eigenvalue weighted by molar-refractivity contribution is 6.36. The van der Waals surface area contributed by atoms with Gasteiger partial charge in [0.2, 0.25) is 5.91 Å². The molecule has 1 aliphatic rings. The van der Waals surface area contributed by atoms with Gasteiger partial charge in [0.1, 0.15) is 0 Å². The summed E-state index contributed by atoms with van der Waals surface area (Å²) in [5.74, 6) is -0.256. The molecule has 1 saturated heterocycles. The Morgan fingerprint density at radius 3 is 2.78 bits per heavy atom. The van der Waals surface area contributed by atoms with E-state index in [0.29, 0.717) is 16.2 Å². The first kappa shape index (κ1) is 11.2. The molecule has 4 nitrogen and oxygen atoms in total. The largest absolute Gasteiger partial charge is 0.302 e. The summed E-state index contributed by atoms with van der Waals surface area (Å²) in [5.41, 5.74) is 1.29. The number of ketones is 1. The van der Waals surface area contributed by atoms with Gasteiger partial charge >= 0.3 is 0 Å². The number of hydrogen-bond donors (Lipinski definition) is 0. The lowest BCUT2D eigenvalue weighted by Crippen LogP contribution is -2.24. The molecular formula is C13H9ClN2O2. The molecule has 2 heterocycles. The van der Waals surface area contributed by atoms with Crippen LogP contribution in [-0.4, -0.2) is 23.2 Å². The van der Waals surface area contributed by atoms with E-state index in [1.807, 2.05) is 6.07 Å². The van der Waals surface area contributed by atoms with Crippen LogP contribution in [0.25, 0.3) is 10.9 Å². The third-order valence-corrected chi connectivity index (χ3v) is 3.30. The monoisotopic (exact) mass is 260 g/mol. The van der Waals surface area contributed by atoms with Gasteiger partial charge in [-0.1, -0.05) is 11.6 Å². The highest BCUT2D eigenvalue weighted by Crippen LogP contribution is 2.32. The van der Waals surface area contributed by atoms with Gasteiger partial charge in [-0.15, -0.1) is 0 Å². The quantitative estimate of drug-likeness (QED) is 0.739. The second-order valence-corrected chi connectivity index (χ2v) is 4.57. The summed E-state index contributed by atoms with van der Waals surface area (Å²) in [7, 11) is 0. The minimum absolute atomic E-state index is 0.0308. The van der Waals surface area contributed by atoms with Crippen LogP contribution in [0.4, 0.5) is 5.69 Å². The molecule has 0 unspecified atom stereocenters. The van der Waals surface area contributed by atoms with E-state index in [1.165, 1.54) is 4.90 Å². The first-order valence-corrected chi connectivity index (χ1v) is 5.90. The zero-order valence-electron chi connectivity index (χ0n) is 9.39. The van der Waals surface area contributed by atoms with Crippen LogP contribution in [0, 0.1) is 0 Å². The number of amides is 1. The van der Waals surface area contributed by atoms with Gasteiger partial charge in [-0.2, -0.15) is 0 Å². The molecule has 3 rings (SSSR count). The second-order valence-electron chi connectivity index (χ2n) is 4.16. The van der Waals surface area contributed by atoms with Gasteiger partial charge in [0, 0.05) is 11.6 Å². The molecule has 0 saturated carbocycles. The first-order chi connectivity index (χ1) is 8.66. The summed E-state index contributed by atoms with van der Waals surface area (Å²) in [5, 5.41) is 1.36. The Morgan fingerprint density at radius 1 is 1.22 bits per heavy atom. The highest BCUT2D eigenvalue weighted by Gasteiger charge is 2.30. The molecule has 2 aromatic rings. The average Bonchev–Trinajstić information content (AvgIpc) is 2.69. The minimum Gasteiger partial charge on any atom is -0.302 e. The van der Waals surface area contributed by atoms with Crippen LogP contribution in [0.1, 0.15) is 6.42 Å². The number of Topliss-reactive ketones (excluding diaryl/α,β-unsaturated/α-hetero) is 1. The third kappa shape index (κ3) is 1.66. The van der Waals surface area contributed by atoms with Crippen LogP contribution >= 0.6 is 11.6 Å². The summed E-state index contributed by atoms with van der Waals surface area (Å²) in [4.78, 5) is 28.8. The summed E-state index contributed by atoms with van der Waals surface area (Å²) in [6.45, 7) is 0.117. The van der Waals surface area contributed by atoms with Gasteiger partial charge in [-0.3, -0.25) is 14.6 Å². The van der Waals surface area contributed by atoms with Crippen molar-refractivity contribution in [3.8, 4) is 0 Å². The van der Waals surface area contributed by atoms with Gasteiger partial charge in [0.25, 0.3) is 0 Å². The zero-order chi connectivity index (χ0) is 12.7. The van der Waals surface area contributed by atoms with Crippen molar-refractivity contribution in [1.29, 1.82) is 0 Å². The van der Waals surface area contributed by atoms with E-state index in [0.717, 1.165) is 5.39 Å². The number of benzene rings is 1. The van der Waals surface area contributed by atoms with Crippen LogP contribution in [0.5, 0.6) is 0 Å². The van der Waals surface area contributed by atoms with Gasteiger partial charge in [-0.05, 0) is 24.3 Å². The van der Waals surface area contributed by atoms with Crippen molar-refractivity contribution in [3.63, 3.8) is 0 Å². The van der Waals surface area contributed by atoms with E-state index in [2.05, 4.69) is 4.98 Å². The second kappa shape index (κ2) is 4.07. The van der Waals surface area contributed by atoms with E-state index in [4.69, 9.17) is 11.6 Å². The Balaban J connectivity index is 2.21. The fraction of sp³-hybridized carbons (Fsp3) is 0.154. The Kier molecular flexibility index (Phi) is 2.52. The predicted molar refractivity (Wildman–Crippen MR) is 68.7 cm³/mol. The lowest BCUT2D eigenvalue weighted by Gasteiger charge is -2.16. The number of hydrogen-bond acceptors (Lipinski definition) is 3. The maximum Gasteiger partial charge on any atom is 0.234 e. The molecule has 0 aliphatic carbocycles. The van der Waals surface area contributed by atoms with Crippen LogP contribution in [0.15, 0.2) is 30.5 Å². The Labute approximate surface area is 108 Å². The maximum absolute atomic E-state index is 11.8. The van der Waals surface area contributed by atoms with Crippen molar-refractivity contribution in [3.05, 3.63) is 35.5 Å². The maximum atomic E-state index is 11.8. The SMILES string of the molecule is O=C1CC(=O)N(c2ccc(Cl)c3cccnc23)C1. The molecule has 0 spiro atoms. The van der Waals surface area contributed by atoms with Crippen LogP contribution < -0.4 is 4.90 Å². The van der Waals surface area contributed by atoms with Crippen molar-refractivity contribution >= 4 is 39.9 Å². The smallest absolute Gasteiger partial charge is 0.234 e. The molecule has 90 valence electrons. The Hall–Kier alpha value is -1.94. The summed E-state index contributed by atoms with van der Waals surface area (Å²) in [6.07, 6.45) is 1.61. The molecule has 0 bridgehead atoms. The van der Waals surface area contributed by atoms with Crippen molar-refractivity contribution in [2.45, 2.75) is 6.42 Å². The fourth-order valence-corrected chi connectivity index (χ4v) is 2.36. The predicted octanol–water partition coefficient (Wildman–Crippen LogP) is 2.19. The number of pyridine rings is 1. The van der Waals surface area contributed by atoms with E-state index >= 15 is 0 Å². The van der Waals surface area contributed by atoms with E-state index in [9.17, 15) is 9.59 Å². The number of carbonyl (C=O) groups is 2. The van der Waals surface area contributed by atoms with Crippen LogP contribution in [0.2, 0.25) is 5.02 Å². The summed E-state index contributed by atoms with van der Waals surface area (Å²) in [6, 6.07) is 7.08. The highest BCUT2D eigenvalue weighted by atomic mass is 35.5. The molecule has 0 N–H and O–H groups in total. The molecule has 5 heteroatoms. The molecule has 0 radical (unpaired) electrons. The first-order valence-electron chi connectivity index (χ1n) is 5.52. The number of aromatic nitrogens is 1. The van der Waals surface area contributed by atoms with E-state index in [1.54, 1.807) is 24.4 Å². The number of rotatable bonds is 1. The van der Waals surface area contributed by atoms with Crippen molar-refractivity contribution < 1.29 is 9.59 Å². The van der Waals surface area contributed by atoms with Crippen LogP contribution in [-0.2, 0) is 9.59 Å². The Morgan fingerprint density at radius 2 is 2.06 bits per heavy atom. The number of carbonyl (C=O) groups excluding carboxylic acids is 2. The van der Waals surface area contributed by atoms with Crippen molar-refractivity contribution in [2.75, 3.05) is 11.4 Å². The molecule has 1 aromatic carbocycles. The van der Waals surface area contributed by atoms with E-state index < -0.39 is 0 Å².